The van der Waals surface area contributed by atoms with Crippen molar-refractivity contribution in [2.24, 2.45) is 11.8 Å². The molecule has 1 rings (SSSR count). The van der Waals surface area contributed by atoms with E-state index in [-0.39, 0.29) is 12.3 Å². The molecule has 1 aliphatic heterocycles. The summed E-state index contributed by atoms with van der Waals surface area (Å²) in [5.74, 6) is -2.79. The third kappa shape index (κ3) is 1.61. The zero-order valence-corrected chi connectivity index (χ0v) is 9.06. The number of aliphatic hydroxyl groups excluding tert-OH is 1. The Hall–Kier alpha value is -1.10. The van der Waals surface area contributed by atoms with Crippen molar-refractivity contribution in [1.29, 1.82) is 0 Å². The molecule has 0 spiro atoms. The van der Waals surface area contributed by atoms with Crippen LogP contribution in [0, 0.1) is 11.8 Å². The van der Waals surface area contributed by atoms with Crippen LogP contribution in [-0.4, -0.2) is 33.9 Å². The van der Waals surface area contributed by atoms with Gasteiger partial charge in [0, 0.05) is 0 Å². The topological polar surface area (TPSA) is 83.8 Å². The summed E-state index contributed by atoms with van der Waals surface area (Å²) >= 11 is 0. The Bertz CT molecular complexity index is 286. The average Bonchev–Trinajstić information content (AvgIpc) is 2.38. The lowest BCUT2D eigenvalue weighted by Gasteiger charge is -2.26. The average molecular weight is 216 g/mol. The van der Waals surface area contributed by atoms with Crippen LogP contribution >= 0.6 is 0 Å². The highest BCUT2D eigenvalue weighted by molar-refractivity contribution is 5.88. The molecule has 0 aliphatic carbocycles. The van der Waals surface area contributed by atoms with E-state index in [0.29, 0.717) is 0 Å². The van der Waals surface area contributed by atoms with Crippen molar-refractivity contribution in [3.8, 4) is 0 Å². The standard InChI is InChI=1S/C10H16O5/c1-4-10(9(13)14)7(11)6(5(2)3)8(12)15-10/h5-7,11H,4H2,1-3H3,(H,13,14)/t6-,7-,10-/m1/s1. The normalized spacial score (nSPS) is 35.7. The molecule has 15 heavy (non-hydrogen) atoms. The summed E-state index contributed by atoms with van der Waals surface area (Å²) < 4.78 is 4.86. The number of hydrogen-bond donors (Lipinski definition) is 2. The van der Waals surface area contributed by atoms with Crippen LogP contribution in [0.2, 0.25) is 0 Å². The predicted molar refractivity (Wildman–Crippen MR) is 51.1 cm³/mol. The summed E-state index contributed by atoms with van der Waals surface area (Å²) in [6, 6.07) is 0. The summed E-state index contributed by atoms with van der Waals surface area (Å²) in [5, 5.41) is 18.9. The molecular weight excluding hydrogens is 200 g/mol. The first kappa shape index (κ1) is 12.0. The summed E-state index contributed by atoms with van der Waals surface area (Å²) in [6.07, 6.45) is -1.20. The fourth-order valence-electron chi connectivity index (χ4n) is 1.97. The third-order valence-corrected chi connectivity index (χ3v) is 2.98. The van der Waals surface area contributed by atoms with Crippen LogP contribution in [0.25, 0.3) is 0 Å². The van der Waals surface area contributed by atoms with Gasteiger partial charge in [0.25, 0.3) is 0 Å². The highest BCUT2D eigenvalue weighted by Gasteiger charge is 2.59. The molecule has 1 heterocycles. The molecule has 0 aromatic carbocycles. The fraction of sp³-hybridized carbons (Fsp3) is 0.800. The Morgan fingerprint density at radius 2 is 2.13 bits per heavy atom. The van der Waals surface area contributed by atoms with Crippen molar-refractivity contribution < 1.29 is 24.5 Å². The number of hydrogen-bond acceptors (Lipinski definition) is 4. The van der Waals surface area contributed by atoms with Gasteiger partial charge < -0.3 is 14.9 Å². The number of esters is 1. The Balaban J connectivity index is 3.07. The molecule has 1 aliphatic rings. The van der Waals surface area contributed by atoms with Crippen LogP contribution in [0.5, 0.6) is 0 Å². The van der Waals surface area contributed by atoms with Gasteiger partial charge >= 0.3 is 11.9 Å². The zero-order chi connectivity index (χ0) is 11.8. The molecule has 0 unspecified atom stereocenters. The van der Waals surface area contributed by atoms with Crippen LogP contribution in [-0.2, 0) is 14.3 Å². The van der Waals surface area contributed by atoms with Crippen LogP contribution in [0.15, 0.2) is 0 Å². The molecule has 0 aromatic rings. The summed E-state index contributed by atoms with van der Waals surface area (Å²) in [7, 11) is 0. The van der Waals surface area contributed by atoms with Crippen molar-refractivity contribution >= 4 is 11.9 Å². The quantitative estimate of drug-likeness (QED) is 0.667. The summed E-state index contributed by atoms with van der Waals surface area (Å²) in [5.41, 5.74) is -1.76. The molecule has 0 bridgehead atoms. The van der Waals surface area contributed by atoms with Gasteiger partial charge in [-0.15, -0.1) is 0 Å². The molecule has 0 amide bonds. The number of carboxylic acids is 1. The first-order valence-corrected chi connectivity index (χ1v) is 5.01. The first-order chi connectivity index (χ1) is 6.86. The van der Waals surface area contributed by atoms with Gasteiger partial charge in [-0.1, -0.05) is 20.8 Å². The minimum atomic E-state index is -1.76. The number of rotatable bonds is 3. The van der Waals surface area contributed by atoms with Crippen molar-refractivity contribution in [1.82, 2.24) is 0 Å². The highest BCUT2D eigenvalue weighted by atomic mass is 16.6. The molecule has 2 N–H and O–H groups in total. The maximum atomic E-state index is 11.5. The zero-order valence-electron chi connectivity index (χ0n) is 9.06. The second kappa shape index (κ2) is 3.81. The number of aliphatic hydroxyl groups is 1. The fourth-order valence-corrected chi connectivity index (χ4v) is 1.97. The minimum Gasteiger partial charge on any atom is -0.478 e. The lowest BCUT2D eigenvalue weighted by Crippen LogP contribution is -2.48. The van der Waals surface area contributed by atoms with E-state index in [2.05, 4.69) is 0 Å². The number of aliphatic carboxylic acids is 1. The van der Waals surface area contributed by atoms with Gasteiger partial charge in [-0.25, -0.2) is 4.79 Å². The molecule has 5 heteroatoms. The first-order valence-electron chi connectivity index (χ1n) is 5.01. The van der Waals surface area contributed by atoms with Gasteiger partial charge in [0.15, 0.2) is 0 Å². The van der Waals surface area contributed by atoms with E-state index >= 15 is 0 Å². The van der Waals surface area contributed by atoms with Gasteiger partial charge in [0.2, 0.25) is 5.60 Å². The molecule has 0 radical (unpaired) electrons. The summed E-state index contributed by atoms with van der Waals surface area (Å²) in [4.78, 5) is 22.5. The molecule has 3 atom stereocenters. The molecule has 1 fully saturated rings. The number of cyclic esters (lactones) is 1. The highest BCUT2D eigenvalue weighted by Crippen LogP contribution is 2.38. The lowest BCUT2D eigenvalue weighted by atomic mass is 9.82. The van der Waals surface area contributed by atoms with Gasteiger partial charge in [-0.05, 0) is 12.3 Å². The molecule has 1 saturated heterocycles. The molecule has 5 nitrogen and oxygen atoms in total. The maximum Gasteiger partial charge on any atom is 0.350 e. The molecular formula is C10H16O5. The molecule has 0 saturated carbocycles. The second-order valence-electron chi connectivity index (χ2n) is 4.18. The third-order valence-electron chi connectivity index (χ3n) is 2.98. The van der Waals surface area contributed by atoms with Crippen LogP contribution in [0.1, 0.15) is 27.2 Å². The van der Waals surface area contributed by atoms with Crippen molar-refractivity contribution in [2.75, 3.05) is 0 Å². The van der Waals surface area contributed by atoms with E-state index < -0.39 is 29.6 Å². The Morgan fingerprint density at radius 3 is 2.33 bits per heavy atom. The van der Waals surface area contributed by atoms with Crippen LogP contribution < -0.4 is 0 Å². The van der Waals surface area contributed by atoms with Crippen LogP contribution in [0.4, 0.5) is 0 Å². The molecule has 0 aromatic heterocycles. The monoisotopic (exact) mass is 216 g/mol. The Labute approximate surface area is 88.0 Å². The number of carbonyl (C=O) groups is 2. The number of ether oxygens (including phenoxy) is 1. The Morgan fingerprint density at radius 1 is 1.60 bits per heavy atom. The lowest BCUT2D eigenvalue weighted by molar-refractivity contribution is -0.176. The van der Waals surface area contributed by atoms with Crippen LogP contribution in [0.3, 0.4) is 0 Å². The van der Waals surface area contributed by atoms with E-state index in [0.717, 1.165) is 0 Å². The van der Waals surface area contributed by atoms with Crippen molar-refractivity contribution in [3.05, 3.63) is 0 Å². The number of carboxylic acid groups (broad SMARTS) is 1. The SMILES string of the molecule is CC[C@@]1(C(=O)O)OC(=O)[C@H](C(C)C)[C@H]1O. The predicted octanol–water partition coefficient (Wildman–Crippen LogP) is 0.410. The number of carbonyl (C=O) groups excluding carboxylic acids is 1. The molecule has 86 valence electrons. The van der Waals surface area contributed by atoms with E-state index in [1.807, 2.05) is 0 Å². The summed E-state index contributed by atoms with van der Waals surface area (Å²) in [6.45, 7) is 5.08. The van der Waals surface area contributed by atoms with Gasteiger partial charge in [0.1, 0.15) is 6.10 Å². The van der Waals surface area contributed by atoms with E-state index in [9.17, 15) is 14.7 Å². The smallest absolute Gasteiger partial charge is 0.350 e. The Kier molecular flexibility index (Phi) is 3.04. The van der Waals surface area contributed by atoms with E-state index in [1.54, 1.807) is 20.8 Å². The van der Waals surface area contributed by atoms with E-state index in [1.165, 1.54) is 0 Å². The maximum absolute atomic E-state index is 11.5. The minimum absolute atomic E-state index is 0.0679. The van der Waals surface area contributed by atoms with Gasteiger partial charge in [-0.2, -0.15) is 0 Å². The van der Waals surface area contributed by atoms with Crippen molar-refractivity contribution in [3.63, 3.8) is 0 Å². The van der Waals surface area contributed by atoms with E-state index in [4.69, 9.17) is 9.84 Å². The van der Waals surface area contributed by atoms with Crippen molar-refractivity contribution in [2.45, 2.75) is 38.9 Å². The second-order valence-corrected chi connectivity index (χ2v) is 4.18. The van der Waals surface area contributed by atoms with Gasteiger partial charge in [-0.3, -0.25) is 4.79 Å². The largest absolute Gasteiger partial charge is 0.478 e. The van der Waals surface area contributed by atoms with Gasteiger partial charge in [0.05, 0.1) is 5.92 Å².